The Kier molecular flexibility index (Phi) is 4.16. The Morgan fingerprint density at radius 1 is 1.37 bits per heavy atom. The van der Waals surface area contributed by atoms with Gasteiger partial charge in [0, 0.05) is 19.0 Å². The monoisotopic (exact) mass is 266 g/mol. The van der Waals surface area contributed by atoms with Gasteiger partial charge in [-0.05, 0) is 39.0 Å². The van der Waals surface area contributed by atoms with Crippen molar-refractivity contribution in [3.8, 4) is 0 Å². The quantitative estimate of drug-likeness (QED) is 0.850. The normalized spacial score (nSPS) is 31.2. The van der Waals surface area contributed by atoms with Crippen LogP contribution >= 0.6 is 0 Å². The van der Waals surface area contributed by atoms with Gasteiger partial charge in [0.1, 0.15) is 5.54 Å². The molecule has 1 saturated heterocycles. The van der Waals surface area contributed by atoms with E-state index in [1.54, 1.807) is 0 Å². The van der Waals surface area contributed by atoms with Crippen LogP contribution in [0.4, 0.5) is 0 Å². The number of hydrogen-bond donors (Lipinski definition) is 1. The summed E-state index contributed by atoms with van der Waals surface area (Å²) in [5, 5.41) is 2.90. The predicted octanol–water partition coefficient (Wildman–Crippen LogP) is 2.08. The Morgan fingerprint density at radius 3 is 2.58 bits per heavy atom. The van der Waals surface area contributed by atoms with Crippen LogP contribution in [0.15, 0.2) is 0 Å². The largest absolute Gasteiger partial charge is 0.342 e. The van der Waals surface area contributed by atoms with Crippen molar-refractivity contribution in [3.63, 3.8) is 0 Å². The molecule has 0 spiro atoms. The molecule has 2 fully saturated rings. The first-order chi connectivity index (χ1) is 8.98. The lowest BCUT2D eigenvalue weighted by atomic mass is 9.93. The van der Waals surface area contributed by atoms with Crippen molar-refractivity contribution in [2.45, 2.75) is 70.9 Å². The smallest absolute Gasteiger partial charge is 0.248 e. The van der Waals surface area contributed by atoms with Crippen molar-refractivity contribution in [1.82, 2.24) is 10.2 Å². The molecule has 1 saturated carbocycles. The summed E-state index contributed by atoms with van der Waals surface area (Å²) in [5.41, 5.74) is -0.722. The van der Waals surface area contributed by atoms with Gasteiger partial charge in [0.15, 0.2) is 0 Å². The van der Waals surface area contributed by atoms with Crippen molar-refractivity contribution in [3.05, 3.63) is 0 Å². The van der Waals surface area contributed by atoms with E-state index in [0.29, 0.717) is 25.3 Å². The number of hydrogen-bond acceptors (Lipinski definition) is 2. The maximum Gasteiger partial charge on any atom is 0.248 e. The maximum absolute atomic E-state index is 12.8. The minimum absolute atomic E-state index is 0.00109. The molecule has 0 aromatic rings. The number of amides is 2. The molecule has 0 radical (unpaired) electrons. The van der Waals surface area contributed by atoms with E-state index in [1.807, 2.05) is 18.7 Å². The van der Waals surface area contributed by atoms with Gasteiger partial charge in [-0.2, -0.15) is 0 Å². The van der Waals surface area contributed by atoms with Crippen LogP contribution in [0.5, 0.6) is 0 Å². The van der Waals surface area contributed by atoms with E-state index in [1.165, 1.54) is 25.7 Å². The van der Waals surface area contributed by atoms with Crippen LogP contribution in [-0.2, 0) is 9.59 Å². The minimum atomic E-state index is -0.722. The molecule has 1 heterocycles. The molecule has 4 heteroatoms. The van der Waals surface area contributed by atoms with Crippen molar-refractivity contribution < 1.29 is 9.59 Å². The standard InChI is InChI=1S/C15H26N2O2/c1-4-15(3)14(19)17(10-9-13(18)16-15)11(2)12-7-5-6-8-12/h11-12H,4-10H2,1-3H3,(H,16,18). The highest BCUT2D eigenvalue weighted by atomic mass is 16.2. The lowest BCUT2D eigenvalue weighted by Gasteiger charge is -2.37. The Morgan fingerprint density at radius 2 is 2.00 bits per heavy atom. The Labute approximate surface area is 115 Å². The van der Waals surface area contributed by atoms with E-state index in [4.69, 9.17) is 0 Å². The molecule has 2 atom stereocenters. The highest BCUT2D eigenvalue weighted by Gasteiger charge is 2.42. The summed E-state index contributed by atoms with van der Waals surface area (Å²) in [7, 11) is 0. The van der Waals surface area contributed by atoms with E-state index in [-0.39, 0.29) is 17.9 Å². The third kappa shape index (κ3) is 2.77. The summed E-state index contributed by atoms with van der Waals surface area (Å²) >= 11 is 0. The second-order valence-electron chi connectivity index (χ2n) is 6.27. The maximum atomic E-state index is 12.8. The number of nitrogens with zero attached hydrogens (tertiary/aromatic N) is 1. The molecular formula is C15H26N2O2. The number of rotatable bonds is 3. The molecule has 4 nitrogen and oxygen atoms in total. The lowest BCUT2D eigenvalue weighted by Crippen LogP contribution is -2.57. The first-order valence-electron chi connectivity index (χ1n) is 7.60. The van der Waals surface area contributed by atoms with Crippen molar-refractivity contribution in [1.29, 1.82) is 0 Å². The summed E-state index contributed by atoms with van der Waals surface area (Å²) in [6.45, 7) is 6.53. The van der Waals surface area contributed by atoms with Crippen molar-refractivity contribution >= 4 is 11.8 Å². The third-order valence-electron chi connectivity index (χ3n) is 5.01. The van der Waals surface area contributed by atoms with Gasteiger partial charge in [0.05, 0.1) is 0 Å². The summed E-state index contributed by atoms with van der Waals surface area (Å²) in [6.07, 6.45) is 6.06. The van der Waals surface area contributed by atoms with Gasteiger partial charge in [-0.1, -0.05) is 19.8 Å². The molecule has 2 unspecified atom stereocenters. The van der Waals surface area contributed by atoms with Gasteiger partial charge in [-0.3, -0.25) is 9.59 Å². The molecule has 108 valence electrons. The number of carbonyl (C=O) groups excluding carboxylic acids is 2. The first-order valence-corrected chi connectivity index (χ1v) is 7.60. The molecule has 2 aliphatic rings. The Balaban J connectivity index is 2.18. The van der Waals surface area contributed by atoms with Crippen molar-refractivity contribution in [2.75, 3.05) is 6.54 Å². The summed E-state index contributed by atoms with van der Waals surface area (Å²) < 4.78 is 0. The van der Waals surface area contributed by atoms with Gasteiger partial charge >= 0.3 is 0 Å². The Bertz CT molecular complexity index is 363. The molecule has 1 aliphatic carbocycles. The van der Waals surface area contributed by atoms with Gasteiger partial charge < -0.3 is 10.2 Å². The fourth-order valence-electron chi connectivity index (χ4n) is 3.39. The summed E-state index contributed by atoms with van der Waals surface area (Å²) in [6, 6.07) is 0.258. The fourth-order valence-corrected chi connectivity index (χ4v) is 3.39. The molecule has 2 rings (SSSR count). The molecule has 1 aliphatic heterocycles. The van der Waals surface area contributed by atoms with E-state index < -0.39 is 5.54 Å². The second kappa shape index (κ2) is 5.51. The average Bonchev–Trinajstić information content (AvgIpc) is 2.88. The fraction of sp³-hybridized carbons (Fsp3) is 0.867. The molecule has 19 heavy (non-hydrogen) atoms. The molecule has 0 aromatic heterocycles. The molecule has 1 N–H and O–H groups in total. The van der Waals surface area contributed by atoms with Gasteiger partial charge in [0.25, 0.3) is 0 Å². The van der Waals surface area contributed by atoms with Gasteiger partial charge in [-0.25, -0.2) is 0 Å². The van der Waals surface area contributed by atoms with E-state index >= 15 is 0 Å². The highest BCUT2D eigenvalue weighted by molar-refractivity contribution is 5.93. The minimum Gasteiger partial charge on any atom is -0.342 e. The highest BCUT2D eigenvalue weighted by Crippen LogP contribution is 2.32. The van der Waals surface area contributed by atoms with Gasteiger partial charge in [-0.15, -0.1) is 0 Å². The molecule has 0 bridgehead atoms. The third-order valence-corrected chi connectivity index (χ3v) is 5.01. The van der Waals surface area contributed by atoms with Crippen LogP contribution < -0.4 is 5.32 Å². The zero-order valence-electron chi connectivity index (χ0n) is 12.4. The zero-order chi connectivity index (χ0) is 14.0. The average molecular weight is 266 g/mol. The van der Waals surface area contributed by atoms with Crippen LogP contribution in [0.2, 0.25) is 0 Å². The lowest BCUT2D eigenvalue weighted by molar-refractivity contribution is -0.141. The topological polar surface area (TPSA) is 49.4 Å². The van der Waals surface area contributed by atoms with Gasteiger partial charge in [0.2, 0.25) is 11.8 Å². The van der Waals surface area contributed by atoms with Crippen LogP contribution in [0.1, 0.15) is 59.3 Å². The first kappa shape index (κ1) is 14.4. The molecule has 2 amide bonds. The zero-order valence-corrected chi connectivity index (χ0v) is 12.4. The summed E-state index contributed by atoms with van der Waals surface area (Å²) in [5.74, 6) is 0.706. The van der Waals surface area contributed by atoms with E-state index in [2.05, 4.69) is 12.2 Å². The summed E-state index contributed by atoms with van der Waals surface area (Å²) in [4.78, 5) is 26.5. The van der Waals surface area contributed by atoms with E-state index in [9.17, 15) is 9.59 Å². The number of nitrogens with one attached hydrogen (secondary N) is 1. The van der Waals surface area contributed by atoms with Crippen LogP contribution in [-0.4, -0.2) is 34.8 Å². The van der Waals surface area contributed by atoms with Crippen LogP contribution in [0.25, 0.3) is 0 Å². The predicted molar refractivity (Wildman–Crippen MR) is 74.6 cm³/mol. The number of carbonyl (C=O) groups is 2. The van der Waals surface area contributed by atoms with Crippen LogP contribution in [0.3, 0.4) is 0 Å². The van der Waals surface area contributed by atoms with Crippen LogP contribution in [0, 0.1) is 5.92 Å². The molecular weight excluding hydrogens is 240 g/mol. The Hall–Kier alpha value is -1.06. The SMILES string of the molecule is CCC1(C)NC(=O)CCN(C(C)C2CCCC2)C1=O. The van der Waals surface area contributed by atoms with E-state index in [0.717, 1.165) is 0 Å². The molecule has 0 aromatic carbocycles. The van der Waals surface area contributed by atoms with Crippen molar-refractivity contribution in [2.24, 2.45) is 5.92 Å². The second-order valence-corrected chi connectivity index (χ2v) is 6.27.